The predicted molar refractivity (Wildman–Crippen MR) is 99.1 cm³/mol. The van der Waals surface area contributed by atoms with Crippen LogP contribution >= 0.6 is 0 Å². The first-order valence-corrected chi connectivity index (χ1v) is 8.74. The second-order valence-corrected chi connectivity index (χ2v) is 7.56. The second kappa shape index (κ2) is 6.60. The lowest BCUT2D eigenvalue weighted by Crippen LogP contribution is -2.40. The van der Waals surface area contributed by atoms with Crippen molar-refractivity contribution in [3.8, 4) is 5.75 Å². The number of anilines is 1. The zero-order valence-corrected chi connectivity index (χ0v) is 15.4. The lowest BCUT2D eigenvalue weighted by Gasteiger charge is -2.37. The number of ether oxygens (including phenoxy) is 2. The van der Waals surface area contributed by atoms with Crippen molar-refractivity contribution in [2.24, 2.45) is 0 Å². The van der Waals surface area contributed by atoms with E-state index in [9.17, 15) is 0 Å². The SMILES string of the molecule is COc1cccc2c(N3CCC(OC(C)(C)C)CC3)cc(C)nc12. The number of aryl methyl sites for hydroxylation is 1. The number of hydrogen-bond donors (Lipinski definition) is 0. The Bertz CT molecular complexity index is 713. The van der Waals surface area contributed by atoms with Crippen LogP contribution < -0.4 is 9.64 Å². The molecule has 24 heavy (non-hydrogen) atoms. The molecule has 4 nitrogen and oxygen atoms in total. The van der Waals surface area contributed by atoms with Gasteiger partial charge in [-0.3, -0.25) is 0 Å². The van der Waals surface area contributed by atoms with E-state index in [-0.39, 0.29) is 5.60 Å². The molecular weight excluding hydrogens is 300 g/mol. The Labute approximate surface area is 144 Å². The van der Waals surface area contributed by atoms with Crippen molar-refractivity contribution in [1.29, 1.82) is 0 Å². The van der Waals surface area contributed by atoms with Crippen molar-refractivity contribution in [3.05, 3.63) is 30.0 Å². The normalized spacial score (nSPS) is 16.6. The molecule has 1 saturated heterocycles. The van der Waals surface area contributed by atoms with Gasteiger partial charge in [0, 0.05) is 29.9 Å². The van der Waals surface area contributed by atoms with Crippen LogP contribution in [0.25, 0.3) is 10.9 Å². The van der Waals surface area contributed by atoms with Crippen LogP contribution in [0.2, 0.25) is 0 Å². The molecule has 0 spiro atoms. The zero-order chi connectivity index (χ0) is 17.3. The summed E-state index contributed by atoms with van der Waals surface area (Å²) >= 11 is 0. The van der Waals surface area contributed by atoms with Gasteiger partial charge in [-0.2, -0.15) is 0 Å². The third-order valence-corrected chi connectivity index (χ3v) is 4.43. The topological polar surface area (TPSA) is 34.6 Å². The minimum absolute atomic E-state index is 0.0693. The van der Waals surface area contributed by atoms with Gasteiger partial charge in [-0.05, 0) is 52.7 Å². The maximum absolute atomic E-state index is 6.15. The van der Waals surface area contributed by atoms with E-state index < -0.39 is 0 Å². The van der Waals surface area contributed by atoms with E-state index in [0.717, 1.165) is 48.3 Å². The summed E-state index contributed by atoms with van der Waals surface area (Å²) in [6, 6.07) is 8.34. The molecule has 0 bridgehead atoms. The van der Waals surface area contributed by atoms with E-state index in [0.29, 0.717) is 6.10 Å². The molecule has 130 valence electrons. The lowest BCUT2D eigenvalue weighted by atomic mass is 10.0. The molecule has 3 rings (SSSR count). The third kappa shape index (κ3) is 3.64. The highest BCUT2D eigenvalue weighted by molar-refractivity contribution is 5.95. The molecule has 2 heterocycles. The second-order valence-electron chi connectivity index (χ2n) is 7.56. The molecule has 1 aromatic heterocycles. The quantitative estimate of drug-likeness (QED) is 0.839. The van der Waals surface area contributed by atoms with Gasteiger partial charge in [-0.1, -0.05) is 12.1 Å². The van der Waals surface area contributed by atoms with Crippen LogP contribution in [0.4, 0.5) is 5.69 Å². The average molecular weight is 328 g/mol. The molecular formula is C20H28N2O2. The van der Waals surface area contributed by atoms with Crippen molar-refractivity contribution in [3.63, 3.8) is 0 Å². The molecule has 4 heteroatoms. The summed E-state index contributed by atoms with van der Waals surface area (Å²) in [6.07, 6.45) is 2.47. The summed E-state index contributed by atoms with van der Waals surface area (Å²) in [6.45, 7) is 10.5. The Morgan fingerprint density at radius 2 is 1.88 bits per heavy atom. The van der Waals surface area contributed by atoms with Gasteiger partial charge in [0.1, 0.15) is 11.3 Å². The number of benzene rings is 1. The largest absolute Gasteiger partial charge is 0.494 e. The van der Waals surface area contributed by atoms with Gasteiger partial charge in [0.2, 0.25) is 0 Å². The summed E-state index contributed by atoms with van der Waals surface area (Å²) in [5, 5.41) is 1.16. The standard InChI is InChI=1S/C20H28N2O2/c1-14-13-17(16-7-6-8-18(23-5)19(16)21-14)22-11-9-15(10-12-22)24-20(2,3)4/h6-8,13,15H,9-12H2,1-5H3. The molecule has 0 atom stereocenters. The van der Waals surface area contributed by atoms with Crippen LogP contribution in [0.3, 0.4) is 0 Å². The first kappa shape index (κ1) is 17.0. The van der Waals surface area contributed by atoms with Crippen molar-refractivity contribution in [2.45, 2.75) is 52.2 Å². The summed E-state index contributed by atoms with van der Waals surface area (Å²) < 4.78 is 11.6. The van der Waals surface area contributed by atoms with E-state index in [1.54, 1.807) is 7.11 Å². The van der Waals surface area contributed by atoms with Crippen molar-refractivity contribution >= 4 is 16.6 Å². The van der Waals surface area contributed by atoms with Gasteiger partial charge >= 0.3 is 0 Å². The maximum atomic E-state index is 6.15. The third-order valence-electron chi connectivity index (χ3n) is 4.43. The Morgan fingerprint density at radius 3 is 2.50 bits per heavy atom. The molecule has 2 aromatic rings. The summed E-state index contributed by atoms with van der Waals surface area (Å²) in [7, 11) is 1.70. The number of fused-ring (bicyclic) bond motifs is 1. The first-order valence-electron chi connectivity index (χ1n) is 8.74. The minimum atomic E-state index is -0.0693. The monoisotopic (exact) mass is 328 g/mol. The summed E-state index contributed by atoms with van der Waals surface area (Å²) in [5.41, 5.74) is 3.16. The fourth-order valence-electron chi connectivity index (χ4n) is 3.47. The molecule has 0 saturated carbocycles. The molecule has 0 unspecified atom stereocenters. The van der Waals surface area contributed by atoms with Crippen LogP contribution in [-0.2, 0) is 4.74 Å². The lowest BCUT2D eigenvalue weighted by molar-refractivity contribution is -0.0682. The number of methoxy groups -OCH3 is 1. The van der Waals surface area contributed by atoms with Crippen LogP contribution in [-0.4, -0.2) is 36.9 Å². The molecule has 0 aliphatic carbocycles. The molecule has 1 aliphatic heterocycles. The molecule has 1 aliphatic rings. The maximum Gasteiger partial charge on any atom is 0.145 e. The molecule has 1 aromatic carbocycles. The van der Waals surface area contributed by atoms with Crippen molar-refractivity contribution < 1.29 is 9.47 Å². The van der Waals surface area contributed by atoms with E-state index in [1.165, 1.54) is 5.69 Å². The smallest absolute Gasteiger partial charge is 0.145 e. The van der Waals surface area contributed by atoms with Crippen LogP contribution in [0.15, 0.2) is 24.3 Å². The van der Waals surface area contributed by atoms with Crippen molar-refractivity contribution in [1.82, 2.24) is 4.98 Å². The van der Waals surface area contributed by atoms with Gasteiger partial charge in [-0.25, -0.2) is 4.98 Å². The van der Waals surface area contributed by atoms with Crippen LogP contribution in [0.5, 0.6) is 5.75 Å². The Kier molecular flexibility index (Phi) is 4.68. The Balaban J connectivity index is 1.86. The van der Waals surface area contributed by atoms with Gasteiger partial charge in [0.15, 0.2) is 0 Å². The number of piperidine rings is 1. The Morgan fingerprint density at radius 1 is 1.17 bits per heavy atom. The van der Waals surface area contributed by atoms with Gasteiger partial charge in [0.25, 0.3) is 0 Å². The van der Waals surface area contributed by atoms with Crippen LogP contribution in [0, 0.1) is 6.92 Å². The van der Waals surface area contributed by atoms with E-state index in [2.05, 4.69) is 42.8 Å². The highest BCUT2D eigenvalue weighted by Gasteiger charge is 2.25. The van der Waals surface area contributed by atoms with E-state index in [1.807, 2.05) is 19.1 Å². The highest BCUT2D eigenvalue weighted by atomic mass is 16.5. The number of para-hydroxylation sites is 1. The minimum Gasteiger partial charge on any atom is -0.494 e. The van der Waals surface area contributed by atoms with Crippen molar-refractivity contribution in [2.75, 3.05) is 25.1 Å². The summed E-state index contributed by atoms with van der Waals surface area (Å²) in [5.74, 6) is 0.836. The molecule has 0 radical (unpaired) electrons. The molecule has 0 amide bonds. The zero-order valence-electron chi connectivity index (χ0n) is 15.4. The van der Waals surface area contributed by atoms with Gasteiger partial charge in [-0.15, -0.1) is 0 Å². The molecule has 1 fully saturated rings. The Hall–Kier alpha value is -1.81. The highest BCUT2D eigenvalue weighted by Crippen LogP contribution is 2.34. The number of pyridine rings is 1. The number of nitrogens with zero attached hydrogens (tertiary/aromatic N) is 2. The summed E-state index contributed by atoms with van der Waals surface area (Å²) in [4.78, 5) is 7.15. The fraction of sp³-hybridized carbons (Fsp3) is 0.550. The van der Waals surface area contributed by atoms with Gasteiger partial charge in [0.05, 0.1) is 18.8 Å². The molecule has 0 N–H and O–H groups in total. The first-order chi connectivity index (χ1) is 11.4. The van der Waals surface area contributed by atoms with E-state index >= 15 is 0 Å². The average Bonchev–Trinajstić information content (AvgIpc) is 2.53. The number of aromatic nitrogens is 1. The number of rotatable bonds is 3. The van der Waals surface area contributed by atoms with Gasteiger partial charge < -0.3 is 14.4 Å². The van der Waals surface area contributed by atoms with Crippen LogP contribution in [0.1, 0.15) is 39.3 Å². The number of hydrogen-bond acceptors (Lipinski definition) is 4. The fourth-order valence-corrected chi connectivity index (χ4v) is 3.47. The van der Waals surface area contributed by atoms with E-state index in [4.69, 9.17) is 9.47 Å². The predicted octanol–water partition coefficient (Wildman–Crippen LogP) is 4.34.